The van der Waals surface area contributed by atoms with E-state index in [2.05, 4.69) is 55.8 Å². The molecule has 1 atom stereocenters. The van der Waals surface area contributed by atoms with E-state index >= 15 is 0 Å². The molecule has 1 fully saturated rings. The molecule has 146 valence electrons. The molecule has 7 nitrogen and oxygen atoms in total. The molecule has 3 aromatic heterocycles. The Kier molecular flexibility index (Phi) is 5.50. The van der Waals surface area contributed by atoms with Gasteiger partial charge in [0.2, 0.25) is 5.95 Å². The summed E-state index contributed by atoms with van der Waals surface area (Å²) in [5.41, 5.74) is 1.19. The predicted octanol–water partition coefficient (Wildman–Crippen LogP) is 3.32. The molecule has 0 aliphatic carbocycles. The Labute approximate surface area is 165 Å². The molecule has 0 bridgehead atoms. The van der Waals surface area contributed by atoms with E-state index in [-0.39, 0.29) is 0 Å². The highest BCUT2D eigenvalue weighted by Gasteiger charge is 2.26. The molecule has 0 aromatic carbocycles. The lowest BCUT2D eigenvalue weighted by molar-refractivity contribution is 0.471. The molecule has 4 heterocycles. The van der Waals surface area contributed by atoms with Crippen molar-refractivity contribution in [3.05, 3.63) is 60.6 Å². The van der Waals surface area contributed by atoms with Crippen LogP contribution in [0.4, 0.5) is 11.8 Å². The second-order valence-electron chi connectivity index (χ2n) is 7.60. The summed E-state index contributed by atoms with van der Waals surface area (Å²) in [7, 11) is 0. The Morgan fingerprint density at radius 1 is 1.18 bits per heavy atom. The van der Waals surface area contributed by atoms with Gasteiger partial charge in [0.15, 0.2) is 0 Å². The van der Waals surface area contributed by atoms with E-state index in [1.54, 1.807) is 6.20 Å². The largest absolute Gasteiger partial charge is 0.368 e. The molecule has 4 rings (SSSR count). The van der Waals surface area contributed by atoms with Gasteiger partial charge < -0.3 is 14.8 Å². The van der Waals surface area contributed by atoms with Crippen LogP contribution >= 0.6 is 0 Å². The second-order valence-corrected chi connectivity index (χ2v) is 7.60. The molecule has 28 heavy (non-hydrogen) atoms. The minimum absolute atomic E-state index is 0.344. The fourth-order valence-electron chi connectivity index (χ4n) is 3.75. The summed E-state index contributed by atoms with van der Waals surface area (Å²) in [6.07, 6.45) is 11.7. The third-order valence-electron chi connectivity index (χ3n) is 4.97. The van der Waals surface area contributed by atoms with E-state index in [0.29, 0.717) is 12.0 Å². The molecule has 0 amide bonds. The van der Waals surface area contributed by atoms with Gasteiger partial charge in [-0.15, -0.1) is 0 Å². The number of hydrogen-bond donors (Lipinski definition) is 1. The predicted molar refractivity (Wildman–Crippen MR) is 111 cm³/mol. The van der Waals surface area contributed by atoms with Crippen molar-refractivity contribution in [2.45, 2.75) is 45.2 Å². The Morgan fingerprint density at radius 3 is 2.93 bits per heavy atom. The molecular weight excluding hydrogens is 350 g/mol. The summed E-state index contributed by atoms with van der Waals surface area (Å²) in [6, 6.07) is 6.34. The van der Waals surface area contributed by atoms with Crippen LogP contribution in [-0.4, -0.2) is 43.6 Å². The van der Waals surface area contributed by atoms with Crippen molar-refractivity contribution in [3.63, 3.8) is 0 Å². The lowest BCUT2D eigenvalue weighted by atomic mass is 9.97. The van der Waals surface area contributed by atoms with Crippen LogP contribution in [0, 0.1) is 0 Å². The van der Waals surface area contributed by atoms with Crippen molar-refractivity contribution in [1.29, 1.82) is 0 Å². The van der Waals surface area contributed by atoms with Gasteiger partial charge in [-0.2, -0.15) is 4.98 Å². The van der Waals surface area contributed by atoms with E-state index < -0.39 is 0 Å². The zero-order chi connectivity index (χ0) is 19.3. The topological polar surface area (TPSA) is 71.8 Å². The zero-order valence-corrected chi connectivity index (χ0v) is 16.5. The summed E-state index contributed by atoms with van der Waals surface area (Å²) in [6.45, 7) is 6.88. The van der Waals surface area contributed by atoms with Crippen LogP contribution in [0.15, 0.2) is 49.2 Å². The maximum atomic E-state index is 4.71. The maximum Gasteiger partial charge on any atom is 0.227 e. The highest BCUT2D eigenvalue weighted by Crippen LogP contribution is 2.28. The average molecular weight is 377 g/mol. The quantitative estimate of drug-likeness (QED) is 0.710. The number of pyridine rings is 1. The summed E-state index contributed by atoms with van der Waals surface area (Å²) < 4.78 is 2.24. The van der Waals surface area contributed by atoms with Crippen molar-refractivity contribution >= 4 is 11.8 Å². The molecule has 1 saturated heterocycles. The third-order valence-corrected chi connectivity index (χ3v) is 4.97. The van der Waals surface area contributed by atoms with Crippen molar-refractivity contribution in [1.82, 2.24) is 24.5 Å². The van der Waals surface area contributed by atoms with Crippen LogP contribution in [-0.2, 0) is 6.54 Å². The van der Waals surface area contributed by atoms with Gasteiger partial charge >= 0.3 is 0 Å². The zero-order valence-electron chi connectivity index (χ0n) is 16.5. The van der Waals surface area contributed by atoms with E-state index in [4.69, 9.17) is 4.98 Å². The second kappa shape index (κ2) is 8.37. The number of anilines is 2. The molecule has 0 saturated carbocycles. The van der Waals surface area contributed by atoms with Gasteiger partial charge in [0.05, 0.1) is 6.54 Å². The highest BCUT2D eigenvalue weighted by molar-refractivity contribution is 5.42. The fraction of sp³-hybridized carbons (Fsp3) is 0.429. The van der Waals surface area contributed by atoms with Crippen LogP contribution in [0.1, 0.15) is 44.0 Å². The number of piperidine rings is 1. The normalized spacial score (nSPS) is 17.1. The van der Waals surface area contributed by atoms with Gasteiger partial charge in [-0.3, -0.25) is 4.98 Å². The minimum atomic E-state index is 0.344. The average Bonchev–Trinajstić information content (AvgIpc) is 3.17. The molecule has 0 unspecified atom stereocenters. The van der Waals surface area contributed by atoms with E-state index in [0.717, 1.165) is 50.1 Å². The highest BCUT2D eigenvalue weighted by atomic mass is 15.3. The summed E-state index contributed by atoms with van der Waals surface area (Å²) in [5, 5.41) is 3.36. The van der Waals surface area contributed by atoms with E-state index in [1.807, 2.05) is 30.7 Å². The third kappa shape index (κ3) is 4.30. The smallest absolute Gasteiger partial charge is 0.227 e. The number of aromatic nitrogens is 5. The SMILES string of the molecule is CC(C)Nc1ccnc(N2CCC[C@@H](c3nccn3Cc3cccnc3)C2)n1. The lowest BCUT2D eigenvalue weighted by Crippen LogP contribution is -2.36. The fourth-order valence-corrected chi connectivity index (χ4v) is 3.75. The number of rotatable bonds is 6. The van der Waals surface area contributed by atoms with Gasteiger partial charge in [-0.25, -0.2) is 9.97 Å². The Bertz CT molecular complexity index is 891. The molecule has 7 heteroatoms. The van der Waals surface area contributed by atoms with Gasteiger partial charge in [0, 0.05) is 56.0 Å². The van der Waals surface area contributed by atoms with E-state index in [9.17, 15) is 0 Å². The van der Waals surface area contributed by atoms with Gasteiger partial charge in [-0.1, -0.05) is 6.07 Å². The minimum Gasteiger partial charge on any atom is -0.368 e. The standard InChI is InChI=1S/C21H27N7/c1-16(2)25-19-7-9-24-21(26-19)28-11-4-6-18(15-28)20-23-10-12-27(20)14-17-5-3-8-22-13-17/h3,5,7-10,12-13,16,18H,4,6,11,14-15H2,1-2H3,(H,24,25,26)/t18-/m1/s1. The molecule has 1 aliphatic rings. The first-order chi connectivity index (χ1) is 13.7. The Balaban J connectivity index is 1.50. The number of imidazole rings is 1. The van der Waals surface area contributed by atoms with Crippen molar-refractivity contribution in [2.24, 2.45) is 0 Å². The first kappa shape index (κ1) is 18.4. The van der Waals surface area contributed by atoms with Crippen LogP contribution in [0.25, 0.3) is 0 Å². The van der Waals surface area contributed by atoms with E-state index in [1.165, 1.54) is 5.56 Å². The van der Waals surface area contributed by atoms with Gasteiger partial charge in [0.25, 0.3) is 0 Å². The Hall–Kier alpha value is -2.96. The lowest BCUT2D eigenvalue weighted by Gasteiger charge is -2.32. The molecule has 3 aromatic rings. The first-order valence-corrected chi connectivity index (χ1v) is 9.93. The number of hydrogen-bond acceptors (Lipinski definition) is 6. The van der Waals surface area contributed by atoms with Crippen LogP contribution in [0.5, 0.6) is 0 Å². The van der Waals surface area contributed by atoms with Crippen molar-refractivity contribution in [2.75, 3.05) is 23.3 Å². The monoisotopic (exact) mass is 377 g/mol. The molecular formula is C21H27N7. The number of nitrogens with one attached hydrogen (secondary N) is 1. The molecule has 0 spiro atoms. The maximum absolute atomic E-state index is 4.71. The van der Waals surface area contributed by atoms with Crippen molar-refractivity contribution < 1.29 is 0 Å². The Morgan fingerprint density at radius 2 is 2.11 bits per heavy atom. The van der Waals surface area contributed by atoms with Gasteiger partial charge in [0.1, 0.15) is 11.6 Å². The molecule has 0 radical (unpaired) electrons. The first-order valence-electron chi connectivity index (χ1n) is 9.93. The van der Waals surface area contributed by atoms with Crippen LogP contribution < -0.4 is 10.2 Å². The summed E-state index contributed by atoms with van der Waals surface area (Å²) >= 11 is 0. The molecule has 1 N–H and O–H groups in total. The van der Waals surface area contributed by atoms with Crippen LogP contribution in [0.3, 0.4) is 0 Å². The summed E-state index contributed by atoms with van der Waals surface area (Å²) in [4.78, 5) is 20.4. The number of nitrogens with zero attached hydrogens (tertiary/aromatic N) is 6. The van der Waals surface area contributed by atoms with Gasteiger partial charge in [-0.05, 0) is 44.4 Å². The van der Waals surface area contributed by atoms with Crippen LogP contribution in [0.2, 0.25) is 0 Å². The molecule has 1 aliphatic heterocycles. The summed E-state index contributed by atoms with van der Waals surface area (Å²) in [5.74, 6) is 3.16. The van der Waals surface area contributed by atoms with Crippen molar-refractivity contribution in [3.8, 4) is 0 Å².